The largest absolute Gasteiger partial charge is 0.481 e. The van der Waals surface area contributed by atoms with E-state index in [1.807, 2.05) is 0 Å². The van der Waals surface area contributed by atoms with Crippen molar-refractivity contribution in [3.8, 4) is 0 Å². The molecule has 0 bridgehead atoms. The Morgan fingerprint density at radius 3 is 2.62 bits per heavy atom. The summed E-state index contributed by atoms with van der Waals surface area (Å²) < 4.78 is 45.1. The lowest BCUT2D eigenvalue weighted by Crippen LogP contribution is -2.47. The predicted octanol–water partition coefficient (Wildman–Crippen LogP) is 4.15. The number of amides is 1. The van der Waals surface area contributed by atoms with Crippen LogP contribution in [0.25, 0.3) is 0 Å². The number of rotatable bonds is 7. The minimum Gasteiger partial charge on any atom is -0.481 e. The SMILES string of the molecule is O=C(O)CCC[C@]1(C(=O)N2CCc3ccc(C(F)(F)F)cc3C2)CC[C@@H](NC2CCOCC2)C1. The van der Waals surface area contributed by atoms with E-state index in [1.165, 1.54) is 6.07 Å². The number of benzene rings is 1. The van der Waals surface area contributed by atoms with Crippen LogP contribution in [0.3, 0.4) is 0 Å². The normalized spacial score (nSPS) is 25.9. The maximum atomic E-state index is 13.8. The molecule has 2 atom stereocenters. The monoisotopic (exact) mass is 482 g/mol. The van der Waals surface area contributed by atoms with Crippen molar-refractivity contribution in [2.75, 3.05) is 19.8 Å². The van der Waals surface area contributed by atoms with E-state index in [0.717, 1.165) is 50.2 Å². The highest BCUT2D eigenvalue weighted by Gasteiger charge is 2.47. The van der Waals surface area contributed by atoms with Gasteiger partial charge in [0.2, 0.25) is 5.91 Å². The van der Waals surface area contributed by atoms with E-state index in [1.54, 1.807) is 4.90 Å². The number of hydrogen-bond donors (Lipinski definition) is 2. The van der Waals surface area contributed by atoms with Gasteiger partial charge in [0.1, 0.15) is 0 Å². The lowest BCUT2D eigenvalue weighted by molar-refractivity contribution is -0.144. The number of carboxylic acid groups (broad SMARTS) is 1. The maximum Gasteiger partial charge on any atom is 0.416 e. The van der Waals surface area contributed by atoms with E-state index in [-0.39, 0.29) is 24.9 Å². The van der Waals surface area contributed by atoms with Gasteiger partial charge in [-0.3, -0.25) is 9.59 Å². The van der Waals surface area contributed by atoms with Crippen LogP contribution in [0.15, 0.2) is 18.2 Å². The molecule has 1 amide bonds. The summed E-state index contributed by atoms with van der Waals surface area (Å²) in [6.45, 7) is 2.08. The number of nitrogens with zero attached hydrogens (tertiary/aromatic N) is 1. The standard InChI is InChI=1S/C25H33F3N2O4/c26-25(27,28)19-4-3-17-6-11-30(16-18(17)14-19)23(33)24(9-1-2-22(31)32)10-5-21(15-24)29-20-7-12-34-13-8-20/h3-4,14,20-21,29H,1-2,5-13,15-16H2,(H,31,32)/t21-,24+/m1/s1. The summed E-state index contributed by atoms with van der Waals surface area (Å²) >= 11 is 0. The predicted molar refractivity (Wildman–Crippen MR) is 119 cm³/mol. The van der Waals surface area contributed by atoms with E-state index < -0.39 is 23.1 Å². The highest BCUT2D eigenvalue weighted by Crippen LogP contribution is 2.45. The van der Waals surface area contributed by atoms with Crippen molar-refractivity contribution in [2.24, 2.45) is 5.41 Å². The molecule has 1 saturated heterocycles. The summed E-state index contributed by atoms with van der Waals surface area (Å²) in [6.07, 6.45) is 0.990. The van der Waals surface area contributed by atoms with Crippen LogP contribution in [0, 0.1) is 5.41 Å². The third kappa shape index (κ3) is 5.74. The van der Waals surface area contributed by atoms with Gasteiger partial charge in [0.15, 0.2) is 0 Å². The number of halogens is 3. The number of ether oxygens (including phenoxy) is 1. The van der Waals surface area contributed by atoms with Gasteiger partial charge in [-0.15, -0.1) is 0 Å². The molecule has 3 aliphatic rings. The first-order chi connectivity index (χ1) is 16.2. The Labute approximate surface area is 197 Å². The summed E-state index contributed by atoms with van der Waals surface area (Å²) in [7, 11) is 0. The number of carbonyl (C=O) groups is 2. The summed E-state index contributed by atoms with van der Waals surface area (Å²) in [5.74, 6) is -0.929. The van der Waals surface area contributed by atoms with Crippen LogP contribution in [0.5, 0.6) is 0 Å². The lowest BCUT2D eigenvalue weighted by atomic mass is 9.78. The van der Waals surface area contributed by atoms with Crippen LogP contribution < -0.4 is 5.32 Å². The Balaban J connectivity index is 1.49. The molecule has 2 fully saturated rings. The number of nitrogens with one attached hydrogen (secondary N) is 1. The Morgan fingerprint density at radius 1 is 1.15 bits per heavy atom. The van der Waals surface area contributed by atoms with Gasteiger partial charge in [-0.25, -0.2) is 0 Å². The molecule has 2 aliphatic heterocycles. The number of hydrogen-bond acceptors (Lipinski definition) is 4. The lowest BCUT2D eigenvalue weighted by Gasteiger charge is -2.38. The Kier molecular flexibility index (Phi) is 7.52. The van der Waals surface area contributed by atoms with Crippen LogP contribution in [0.4, 0.5) is 13.2 Å². The van der Waals surface area contributed by atoms with E-state index in [0.29, 0.717) is 50.3 Å². The Bertz CT molecular complexity index is 901. The number of aliphatic carboxylic acids is 1. The third-order valence-corrected chi connectivity index (χ3v) is 7.63. The fourth-order valence-electron chi connectivity index (χ4n) is 5.81. The highest BCUT2D eigenvalue weighted by molar-refractivity contribution is 5.83. The van der Waals surface area contributed by atoms with Gasteiger partial charge in [0.25, 0.3) is 0 Å². The van der Waals surface area contributed by atoms with Crippen LogP contribution in [-0.4, -0.2) is 53.7 Å². The average molecular weight is 483 g/mol. The molecule has 2 N–H and O–H groups in total. The summed E-state index contributed by atoms with van der Waals surface area (Å²) in [4.78, 5) is 26.6. The minimum atomic E-state index is -4.42. The number of carbonyl (C=O) groups excluding carboxylic acids is 1. The van der Waals surface area contributed by atoms with Gasteiger partial charge >= 0.3 is 12.1 Å². The van der Waals surface area contributed by atoms with E-state index in [4.69, 9.17) is 9.84 Å². The zero-order chi connectivity index (χ0) is 24.3. The van der Waals surface area contributed by atoms with Crippen molar-refractivity contribution < 1.29 is 32.6 Å². The first-order valence-corrected chi connectivity index (χ1v) is 12.2. The fourth-order valence-corrected chi connectivity index (χ4v) is 5.81. The molecule has 9 heteroatoms. The van der Waals surface area contributed by atoms with Crippen molar-refractivity contribution in [1.82, 2.24) is 10.2 Å². The van der Waals surface area contributed by atoms with E-state index >= 15 is 0 Å². The van der Waals surface area contributed by atoms with Gasteiger partial charge in [0, 0.05) is 44.8 Å². The van der Waals surface area contributed by atoms with Crippen molar-refractivity contribution in [2.45, 2.75) is 82.6 Å². The van der Waals surface area contributed by atoms with Crippen LogP contribution in [0.2, 0.25) is 0 Å². The number of carboxylic acids is 1. The minimum absolute atomic E-state index is 0.00483. The van der Waals surface area contributed by atoms with Crippen LogP contribution in [0.1, 0.15) is 68.1 Å². The molecule has 0 radical (unpaired) electrons. The zero-order valence-electron chi connectivity index (χ0n) is 19.3. The fraction of sp³-hybridized carbons (Fsp3) is 0.680. The number of fused-ring (bicyclic) bond motifs is 1. The first kappa shape index (κ1) is 25.0. The third-order valence-electron chi connectivity index (χ3n) is 7.63. The molecular formula is C25H33F3N2O4. The van der Waals surface area contributed by atoms with Gasteiger partial charge in [0.05, 0.1) is 11.0 Å². The second-order valence-corrected chi connectivity index (χ2v) is 9.98. The van der Waals surface area contributed by atoms with Crippen LogP contribution in [-0.2, 0) is 33.5 Å². The molecule has 1 aliphatic carbocycles. The van der Waals surface area contributed by atoms with Crippen molar-refractivity contribution in [3.63, 3.8) is 0 Å². The summed E-state index contributed by atoms with van der Waals surface area (Å²) in [5, 5.41) is 12.8. The molecule has 6 nitrogen and oxygen atoms in total. The molecule has 34 heavy (non-hydrogen) atoms. The van der Waals surface area contributed by atoms with Crippen LogP contribution >= 0.6 is 0 Å². The molecule has 0 unspecified atom stereocenters. The molecule has 1 saturated carbocycles. The summed E-state index contributed by atoms with van der Waals surface area (Å²) in [5.41, 5.74) is 0.0306. The molecule has 1 aromatic rings. The molecule has 0 spiro atoms. The second-order valence-electron chi connectivity index (χ2n) is 9.98. The zero-order valence-corrected chi connectivity index (χ0v) is 19.3. The molecule has 188 valence electrons. The van der Waals surface area contributed by atoms with Gasteiger partial charge in [-0.05, 0) is 74.6 Å². The smallest absolute Gasteiger partial charge is 0.416 e. The second kappa shape index (κ2) is 10.2. The first-order valence-electron chi connectivity index (χ1n) is 12.2. The molecule has 1 aromatic carbocycles. The maximum absolute atomic E-state index is 13.8. The van der Waals surface area contributed by atoms with Crippen molar-refractivity contribution in [3.05, 3.63) is 34.9 Å². The number of alkyl halides is 3. The van der Waals surface area contributed by atoms with Gasteiger partial charge < -0.3 is 20.1 Å². The van der Waals surface area contributed by atoms with E-state index in [9.17, 15) is 22.8 Å². The highest BCUT2D eigenvalue weighted by atomic mass is 19.4. The van der Waals surface area contributed by atoms with Crippen molar-refractivity contribution >= 4 is 11.9 Å². The Morgan fingerprint density at radius 2 is 1.91 bits per heavy atom. The van der Waals surface area contributed by atoms with E-state index in [2.05, 4.69) is 5.32 Å². The van der Waals surface area contributed by atoms with Gasteiger partial charge in [-0.1, -0.05) is 6.07 Å². The molecule has 0 aromatic heterocycles. The topological polar surface area (TPSA) is 78.9 Å². The quantitative estimate of drug-likeness (QED) is 0.611. The van der Waals surface area contributed by atoms with Gasteiger partial charge in [-0.2, -0.15) is 13.2 Å². The molecule has 2 heterocycles. The van der Waals surface area contributed by atoms with Crippen molar-refractivity contribution in [1.29, 1.82) is 0 Å². The Hall–Kier alpha value is -2.13. The molecule has 4 rings (SSSR count). The summed E-state index contributed by atoms with van der Waals surface area (Å²) in [6, 6.07) is 4.31. The average Bonchev–Trinajstić information content (AvgIpc) is 3.21. The molecular weight excluding hydrogens is 449 g/mol.